The number of carbonyl (C=O) groups excluding carboxylic acids is 1. The molecule has 0 atom stereocenters. The van der Waals surface area contributed by atoms with Gasteiger partial charge in [0, 0.05) is 24.5 Å². The molecule has 0 fully saturated rings. The van der Waals surface area contributed by atoms with Crippen LogP contribution in [0.5, 0.6) is 0 Å². The van der Waals surface area contributed by atoms with Gasteiger partial charge in [0.25, 0.3) is 5.91 Å². The summed E-state index contributed by atoms with van der Waals surface area (Å²) in [6.07, 6.45) is 0. The third kappa shape index (κ3) is 2.99. The third-order valence-corrected chi connectivity index (χ3v) is 4.22. The van der Waals surface area contributed by atoms with E-state index in [1.807, 2.05) is 44.2 Å². The van der Waals surface area contributed by atoms with Gasteiger partial charge in [-0.2, -0.15) is 0 Å². The smallest absolute Gasteiger partial charge is 0.267 e. The van der Waals surface area contributed by atoms with Crippen molar-refractivity contribution in [3.05, 3.63) is 45.7 Å². The van der Waals surface area contributed by atoms with Gasteiger partial charge in [0.2, 0.25) is 0 Å². The van der Waals surface area contributed by atoms with E-state index in [1.54, 1.807) is 0 Å². The molecule has 0 aliphatic carbocycles. The van der Waals surface area contributed by atoms with E-state index < -0.39 is 0 Å². The van der Waals surface area contributed by atoms with Gasteiger partial charge in [0.15, 0.2) is 4.80 Å². The molecule has 106 valence electrons. The van der Waals surface area contributed by atoms with Gasteiger partial charge in [-0.05, 0) is 32.9 Å². The minimum absolute atomic E-state index is 0.0709. The molecule has 2 aromatic rings. The zero-order valence-electron chi connectivity index (χ0n) is 12.0. The number of nitrogens with zero attached hydrogens (tertiary/aromatic N) is 2. The highest BCUT2D eigenvalue weighted by Gasteiger charge is 2.15. The lowest BCUT2D eigenvalue weighted by molar-refractivity contribution is 0.102. The molecule has 0 aliphatic heterocycles. The first-order valence-corrected chi connectivity index (χ1v) is 7.56. The topological polar surface area (TPSA) is 46.4 Å². The van der Waals surface area contributed by atoms with Crippen molar-refractivity contribution in [3.8, 4) is 0 Å². The van der Waals surface area contributed by atoms with Crippen LogP contribution < -0.4 is 10.1 Å². The van der Waals surface area contributed by atoms with Crippen LogP contribution in [0.2, 0.25) is 0 Å². The Morgan fingerprint density at radius 2 is 2.00 bits per heavy atom. The number of hydrogen-bond acceptors (Lipinski definition) is 3. The predicted molar refractivity (Wildman–Crippen MR) is 83.2 cm³/mol. The summed E-state index contributed by atoms with van der Waals surface area (Å²) in [5.74, 6) is -0.0709. The summed E-state index contributed by atoms with van der Waals surface area (Å²) in [6, 6.07) is 9.50. The molecule has 20 heavy (non-hydrogen) atoms. The molecule has 0 radical (unpaired) electrons. The lowest BCUT2D eigenvalue weighted by Gasteiger charge is -2.05. The molecule has 0 saturated carbocycles. The van der Waals surface area contributed by atoms with E-state index in [2.05, 4.69) is 21.8 Å². The number of carbonyl (C=O) groups is 1. The van der Waals surface area contributed by atoms with Crippen LogP contribution in [0.3, 0.4) is 0 Å². The van der Waals surface area contributed by atoms with E-state index in [-0.39, 0.29) is 5.91 Å². The monoisotopic (exact) mass is 289 g/mol. The number of nitrogens with one attached hydrogen (secondary N) is 1. The lowest BCUT2D eigenvalue weighted by atomic mass is 10.3. The summed E-state index contributed by atoms with van der Waals surface area (Å²) in [5, 5.41) is 2.92. The maximum absolute atomic E-state index is 12.4. The van der Waals surface area contributed by atoms with Gasteiger partial charge in [-0.1, -0.05) is 29.5 Å². The molecule has 5 heteroatoms. The Balaban J connectivity index is 2.33. The standard InChI is InChI=1S/C15H19N3OS/c1-4-16-15-18(5-2)11(3)13(20-15)14(19)17-12-9-7-6-8-10-12/h6-10H,4-5H2,1-3H3,(H,17,19). The molecule has 1 aromatic carbocycles. The number of rotatable bonds is 4. The molecule has 1 heterocycles. The van der Waals surface area contributed by atoms with Crippen molar-refractivity contribution < 1.29 is 4.79 Å². The van der Waals surface area contributed by atoms with E-state index in [1.165, 1.54) is 11.3 Å². The number of amides is 1. The average molecular weight is 289 g/mol. The molecule has 1 amide bonds. The Bertz CT molecular complexity index is 656. The molecule has 0 bridgehead atoms. The van der Waals surface area contributed by atoms with Gasteiger partial charge < -0.3 is 9.88 Å². The Labute approximate surface area is 122 Å². The summed E-state index contributed by atoms with van der Waals surface area (Å²) in [6.45, 7) is 7.57. The number of hydrogen-bond donors (Lipinski definition) is 1. The van der Waals surface area contributed by atoms with Crippen LogP contribution in [-0.2, 0) is 6.54 Å². The lowest BCUT2D eigenvalue weighted by Crippen LogP contribution is -2.16. The molecule has 4 nitrogen and oxygen atoms in total. The van der Waals surface area contributed by atoms with E-state index >= 15 is 0 Å². The highest BCUT2D eigenvalue weighted by atomic mass is 32.1. The quantitative estimate of drug-likeness (QED) is 0.924. The normalized spacial score (nSPS) is 11.7. The van der Waals surface area contributed by atoms with Gasteiger partial charge in [-0.25, -0.2) is 0 Å². The van der Waals surface area contributed by atoms with Crippen molar-refractivity contribution in [3.63, 3.8) is 0 Å². The van der Waals surface area contributed by atoms with Crippen LogP contribution in [0.1, 0.15) is 29.2 Å². The Morgan fingerprint density at radius 3 is 2.60 bits per heavy atom. The highest BCUT2D eigenvalue weighted by Crippen LogP contribution is 2.15. The number of para-hydroxylation sites is 1. The molecular formula is C15H19N3OS. The van der Waals surface area contributed by atoms with Crippen molar-refractivity contribution in [2.24, 2.45) is 4.99 Å². The second-order valence-electron chi connectivity index (χ2n) is 4.34. The molecule has 0 spiro atoms. The molecule has 0 aliphatic rings. The Kier molecular flexibility index (Phi) is 4.74. The highest BCUT2D eigenvalue weighted by molar-refractivity contribution is 7.11. The van der Waals surface area contributed by atoms with E-state index in [9.17, 15) is 4.79 Å². The van der Waals surface area contributed by atoms with Gasteiger partial charge in [-0.3, -0.25) is 9.79 Å². The predicted octanol–water partition coefficient (Wildman–Crippen LogP) is 3.05. The average Bonchev–Trinajstić information content (AvgIpc) is 2.76. The maximum atomic E-state index is 12.4. The number of anilines is 1. The zero-order chi connectivity index (χ0) is 14.5. The van der Waals surface area contributed by atoms with Crippen LogP contribution in [0, 0.1) is 6.92 Å². The first-order valence-electron chi connectivity index (χ1n) is 6.74. The molecular weight excluding hydrogens is 270 g/mol. The molecule has 0 unspecified atom stereocenters. The number of aromatic nitrogens is 1. The summed E-state index contributed by atoms with van der Waals surface area (Å²) < 4.78 is 2.08. The van der Waals surface area contributed by atoms with Gasteiger partial charge in [0.05, 0.1) is 0 Å². The maximum Gasteiger partial charge on any atom is 0.267 e. The van der Waals surface area contributed by atoms with Crippen molar-refractivity contribution >= 4 is 22.9 Å². The number of benzene rings is 1. The second-order valence-corrected chi connectivity index (χ2v) is 5.32. The molecule has 1 N–H and O–H groups in total. The zero-order valence-corrected chi connectivity index (χ0v) is 12.8. The fraction of sp³-hybridized carbons (Fsp3) is 0.333. The van der Waals surface area contributed by atoms with E-state index in [0.717, 1.165) is 34.1 Å². The molecule has 1 aromatic heterocycles. The van der Waals surface area contributed by atoms with Crippen LogP contribution in [0.25, 0.3) is 0 Å². The van der Waals surface area contributed by atoms with Gasteiger partial charge in [-0.15, -0.1) is 0 Å². The SMILES string of the molecule is CCN=c1sc(C(=O)Nc2ccccc2)c(C)n1CC. The number of thiazole rings is 1. The first kappa shape index (κ1) is 14.5. The Morgan fingerprint density at radius 1 is 1.30 bits per heavy atom. The van der Waals surface area contributed by atoms with Gasteiger partial charge >= 0.3 is 0 Å². The largest absolute Gasteiger partial charge is 0.321 e. The van der Waals surface area contributed by atoms with Crippen molar-refractivity contribution in [1.29, 1.82) is 0 Å². The molecule has 0 saturated heterocycles. The van der Waals surface area contributed by atoms with E-state index in [4.69, 9.17) is 0 Å². The van der Waals surface area contributed by atoms with E-state index in [0.29, 0.717) is 0 Å². The second kappa shape index (κ2) is 6.52. The van der Waals surface area contributed by atoms with Crippen LogP contribution in [0.4, 0.5) is 5.69 Å². The van der Waals surface area contributed by atoms with Crippen molar-refractivity contribution in [1.82, 2.24) is 4.57 Å². The summed E-state index contributed by atoms with van der Waals surface area (Å²) >= 11 is 1.45. The van der Waals surface area contributed by atoms with Crippen molar-refractivity contribution in [2.75, 3.05) is 11.9 Å². The summed E-state index contributed by atoms with van der Waals surface area (Å²) in [7, 11) is 0. The summed E-state index contributed by atoms with van der Waals surface area (Å²) in [5.41, 5.74) is 1.78. The third-order valence-electron chi connectivity index (χ3n) is 3.01. The minimum atomic E-state index is -0.0709. The fourth-order valence-corrected chi connectivity index (χ4v) is 3.19. The van der Waals surface area contributed by atoms with Crippen molar-refractivity contribution in [2.45, 2.75) is 27.3 Å². The van der Waals surface area contributed by atoms with Crippen LogP contribution in [0.15, 0.2) is 35.3 Å². The molecule has 2 rings (SSSR count). The van der Waals surface area contributed by atoms with Crippen LogP contribution in [-0.4, -0.2) is 17.0 Å². The first-order chi connectivity index (χ1) is 9.67. The minimum Gasteiger partial charge on any atom is -0.321 e. The van der Waals surface area contributed by atoms with Crippen LogP contribution >= 0.6 is 11.3 Å². The van der Waals surface area contributed by atoms with Gasteiger partial charge in [0.1, 0.15) is 4.88 Å². The Hall–Kier alpha value is -1.88. The fourth-order valence-electron chi connectivity index (χ4n) is 2.03. The summed E-state index contributed by atoms with van der Waals surface area (Å²) in [4.78, 5) is 18.4.